The minimum Gasteiger partial charge on any atom is -0.487 e. The van der Waals surface area contributed by atoms with Gasteiger partial charge in [-0.3, -0.25) is 9.36 Å². The highest BCUT2D eigenvalue weighted by atomic mass is 36.0. The molecule has 1 saturated heterocycles. The van der Waals surface area contributed by atoms with Crippen LogP contribution in [-0.4, -0.2) is 34.5 Å². The van der Waals surface area contributed by atoms with Gasteiger partial charge in [-0.15, -0.1) is 0 Å². The molecule has 7 nitrogen and oxygen atoms in total. The van der Waals surface area contributed by atoms with Gasteiger partial charge in [-0.25, -0.2) is 4.79 Å². The first-order valence-corrected chi connectivity index (χ1v) is 13.6. The van der Waals surface area contributed by atoms with E-state index in [0.29, 0.717) is 25.3 Å². The van der Waals surface area contributed by atoms with Crippen molar-refractivity contribution in [1.82, 2.24) is 4.90 Å². The zero-order valence-electron chi connectivity index (χ0n) is 16.8. The van der Waals surface area contributed by atoms with Gasteiger partial charge in [0.05, 0.1) is 5.69 Å². The Morgan fingerprint density at radius 1 is 1.13 bits per heavy atom. The smallest absolute Gasteiger partial charge is 0.339 e. The molecule has 0 aliphatic carbocycles. The predicted octanol–water partition coefficient (Wildman–Crippen LogP) is 5.74. The van der Waals surface area contributed by atoms with Gasteiger partial charge < -0.3 is 20.5 Å². The van der Waals surface area contributed by atoms with Gasteiger partial charge in [0.15, 0.2) is 0 Å². The number of nitrogens with zero attached hydrogens (tertiary/aromatic N) is 1. The van der Waals surface area contributed by atoms with Crippen LogP contribution in [-0.2, 0) is 20.8 Å². The van der Waals surface area contributed by atoms with Crippen molar-refractivity contribution in [3.8, 4) is 5.75 Å². The third-order valence-electron chi connectivity index (χ3n) is 4.10. The fourth-order valence-corrected chi connectivity index (χ4v) is 2.75. The number of carboxylic acids is 1. The van der Waals surface area contributed by atoms with Crippen LogP contribution in [0.25, 0.3) is 0 Å². The zero-order chi connectivity index (χ0) is 23.4. The van der Waals surface area contributed by atoms with Crippen molar-refractivity contribution in [3.05, 3.63) is 60.2 Å². The van der Waals surface area contributed by atoms with E-state index in [1.165, 1.54) is 11.8 Å². The summed E-state index contributed by atoms with van der Waals surface area (Å²) in [6, 6.07) is 17.0. The fraction of sp³-hybridized carbons (Fsp3) is 0.300. The predicted molar refractivity (Wildman–Crippen MR) is 125 cm³/mol. The monoisotopic (exact) mass is 508 g/mol. The second-order valence-electron chi connectivity index (χ2n) is 6.42. The lowest BCUT2D eigenvalue weighted by molar-refractivity contribution is -0.147. The van der Waals surface area contributed by atoms with Crippen LogP contribution in [0.4, 0.5) is 5.69 Å². The summed E-state index contributed by atoms with van der Waals surface area (Å²) in [4.78, 5) is 22.8. The third-order valence-corrected chi connectivity index (χ3v) is 4.10. The van der Waals surface area contributed by atoms with E-state index in [0.717, 1.165) is 17.7 Å². The zero-order valence-corrected chi connectivity index (χ0v) is 20.0. The summed E-state index contributed by atoms with van der Waals surface area (Å²) in [5, 5.41) is 5.42. The van der Waals surface area contributed by atoms with Crippen molar-refractivity contribution in [2.45, 2.75) is 32.4 Å². The van der Waals surface area contributed by atoms with Crippen molar-refractivity contribution in [2.24, 2.45) is 0 Å². The summed E-state index contributed by atoms with van der Waals surface area (Å²) in [6.07, 6.45) is 1.39. The minimum atomic E-state index is -3.22. The maximum Gasteiger partial charge on any atom is 0.339 e. The van der Waals surface area contributed by atoms with Crippen LogP contribution >= 0.6 is 38.9 Å². The first-order valence-electron chi connectivity index (χ1n) is 9.19. The van der Waals surface area contributed by atoms with Crippen LogP contribution in [0.5, 0.6) is 5.75 Å². The molecule has 0 spiro atoms. The number of nitrogens with two attached hydrogens (primary N) is 1. The Morgan fingerprint density at radius 2 is 1.68 bits per heavy atom. The molecule has 31 heavy (non-hydrogen) atoms. The topological polar surface area (TPSA) is 110 Å². The number of likely N-dealkylation sites (tertiary alicyclic amines) is 1. The molecule has 2 aromatic rings. The number of benzene rings is 2. The van der Waals surface area contributed by atoms with E-state index in [1.54, 1.807) is 0 Å². The second kappa shape index (κ2) is 13.5. The number of para-hydroxylation sites is 2. The van der Waals surface area contributed by atoms with Gasteiger partial charge in [0.2, 0.25) is 5.91 Å². The number of halogens is 3. The number of aliphatic carboxylic acids is 1. The first kappa shape index (κ1) is 27.1. The highest BCUT2D eigenvalue weighted by Crippen LogP contribution is 2.61. The number of amides is 1. The van der Waals surface area contributed by atoms with Gasteiger partial charge in [0.25, 0.3) is 0 Å². The molecule has 0 bridgehead atoms. The molecule has 170 valence electrons. The molecule has 0 unspecified atom stereocenters. The molecule has 3 N–H and O–H groups in total. The normalized spacial score (nSPS) is 15.1. The molecule has 1 aliphatic heterocycles. The molecule has 0 radical (unpaired) electrons. The highest BCUT2D eigenvalue weighted by molar-refractivity contribution is 8.24. The number of carboxylic acid groups (broad SMARTS) is 1. The summed E-state index contributed by atoms with van der Waals surface area (Å²) < 4.78 is 15.1. The standard InChI is InChI=1S/C13H13NO.C7H11NO3.Cl3OP/c14-12-8-4-5-9-13(12)15-10-11-6-2-1-3-7-11;1-5(9)8-4-2-3-6(8)7(10)11;1-5(2,3)4/h1-9H,10,14H2;6H,2-4H2,1H3,(H,10,11);/t;6-;/m.0./s1. The van der Waals surface area contributed by atoms with E-state index < -0.39 is 17.2 Å². The minimum absolute atomic E-state index is 0.144. The van der Waals surface area contributed by atoms with Crippen molar-refractivity contribution < 1.29 is 24.0 Å². The average molecular weight is 510 g/mol. The molecule has 1 fully saturated rings. The summed E-state index contributed by atoms with van der Waals surface area (Å²) in [5.74, 6) is -0.297. The van der Waals surface area contributed by atoms with Gasteiger partial charge in [-0.2, -0.15) is 0 Å². The van der Waals surface area contributed by atoms with Crippen molar-refractivity contribution in [2.75, 3.05) is 12.3 Å². The Bertz CT molecular complexity index is 867. The number of anilines is 1. The van der Waals surface area contributed by atoms with Gasteiger partial charge >= 0.3 is 11.2 Å². The van der Waals surface area contributed by atoms with Gasteiger partial charge in [-0.05, 0) is 64.3 Å². The average Bonchev–Trinajstić information content (AvgIpc) is 3.18. The lowest BCUT2D eigenvalue weighted by atomic mass is 10.2. The second-order valence-corrected chi connectivity index (χ2v) is 13.1. The van der Waals surface area contributed by atoms with Crippen LogP contribution in [0.2, 0.25) is 0 Å². The Kier molecular flexibility index (Phi) is 11.8. The molecule has 2 aromatic carbocycles. The van der Waals surface area contributed by atoms with Crippen LogP contribution in [0.3, 0.4) is 0 Å². The molecule has 1 amide bonds. The summed E-state index contributed by atoms with van der Waals surface area (Å²) in [6.45, 7) is 2.54. The van der Waals surface area contributed by atoms with E-state index in [4.69, 9.17) is 15.6 Å². The Hall–Kier alpha value is -1.92. The lowest BCUT2D eigenvalue weighted by Crippen LogP contribution is -2.38. The number of hydrogen-bond donors (Lipinski definition) is 2. The van der Waals surface area contributed by atoms with E-state index in [9.17, 15) is 14.2 Å². The number of ether oxygens (including phenoxy) is 1. The Morgan fingerprint density at radius 3 is 2.16 bits per heavy atom. The molecule has 0 aromatic heterocycles. The van der Waals surface area contributed by atoms with E-state index in [2.05, 4.69) is 33.7 Å². The molecule has 11 heteroatoms. The number of carbonyl (C=O) groups is 2. The van der Waals surface area contributed by atoms with E-state index in [1.807, 2.05) is 54.6 Å². The summed E-state index contributed by atoms with van der Waals surface area (Å²) in [7, 11) is 0. The Labute approximate surface area is 195 Å². The SMILES string of the molecule is CC(=O)N1CCC[C@H]1C(=O)O.Nc1ccccc1OCc1ccccc1.O=P(Cl)(Cl)Cl. The van der Waals surface area contributed by atoms with Crippen LogP contribution in [0, 0.1) is 0 Å². The molecular formula is C20H24Cl3N2O5P. The highest BCUT2D eigenvalue weighted by Gasteiger charge is 2.31. The fourth-order valence-electron chi connectivity index (χ4n) is 2.75. The molecular weight excluding hydrogens is 486 g/mol. The maximum absolute atomic E-state index is 10.8. The van der Waals surface area contributed by atoms with E-state index >= 15 is 0 Å². The number of rotatable bonds is 4. The van der Waals surface area contributed by atoms with Gasteiger partial charge in [0, 0.05) is 13.5 Å². The molecule has 0 saturated carbocycles. The Balaban J connectivity index is 0.000000264. The number of nitrogen functional groups attached to an aromatic ring is 1. The van der Waals surface area contributed by atoms with Crippen molar-refractivity contribution >= 4 is 56.5 Å². The van der Waals surface area contributed by atoms with Crippen LogP contribution in [0.1, 0.15) is 25.3 Å². The lowest BCUT2D eigenvalue weighted by Gasteiger charge is -2.18. The first-order chi connectivity index (χ1) is 14.5. The maximum atomic E-state index is 10.8. The molecule has 1 aliphatic rings. The largest absolute Gasteiger partial charge is 0.487 e. The summed E-state index contributed by atoms with van der Waals surface area (Å²) in [5.41, 5.74) is 7.57. The van der Waals surface area contributed by atoms with Gasteiger partial charge in [0.1, 0.15) is 18.4 Å². The van der Waals surface area contributed by atoms with E-state index in [-0.39, 0.29) is 5.91 Å². The van der Waals surface area contributed by atoms with Crippen LogP contribution < -0.4 is 10.5 Å². The quantitative estimate of drug-likeness (QED) is 0.402. The molecule has 1 atom stereocenters. The summed E-state index contributed by atoms with van der Waals surface area (Å²) >= 11 is 13.8. The third kappa shape index (κ3) is 11.9. The number of hydrogen-bond acceptors (Lipinski definition) is 5. The molecule has 1 heterocycles. The van der Waals surface area contributed by atoms with Crippen molar-refractivity contribution in [1.29, 1.82) is 0 Å². The van der Waals surface area contributed by atoms with Gasteiger partial charge in [-0.1, -0.05) is 42.5 Å². The van der Waals surface area contributed by atoms with Crippen LogP contribution in [0.15, 0.2) is 54.6 Å². The number of carbonyl (C=O) groups excluding carboxylic acids is 1. The van der Waals surface area contributed by atoms with Crippen molar-refractivity contribution in [3.63, 3.8) is 0 Å². The molecule has 3 rings (SSSR count).